The average Bonchev–Trinajstić information content (AvgIpc) is 2.49. The minimum absolute atomic E-state index is 0.226. The highest BCUT2D eigenvalue weighted by atomic mass is 16.4. The molecule has 1 atom stereocenters. The van der Waals surface area contributed by atoms with Crippen LogP contribution >= 0.6 is 0 Å². The van der Waals surface area contributed by atoms with Crippen LogP contribution in [0.25, 0.3) is 10.8 Å². The zero-order valence-corrected chi connectivity index (χ0v) is 12.6. The maximum absolute atomic E-state index is 12.4. The van der Waals surface area contributed by atoms with Crippen molar-refractivity contribution in [1.29, 1.82) is 0 Å². The molecule has 1 aromatic carbocycles. The third-order valence-corrected chi connectivity index (χ3v) is 3.46. The number of carbonyl (C=O) groups excluding carboxylic acids is 1. The molecule has 0 radical (unpaired) electrons. The van der Waals surface area contributed by atoms with Gasteiger partial charge in [-0.2, -0.15) is 5.10 Å². The van der Waals surface area contributed by atoms with Crippen LogP contribution in [0, 0.1) is 0 Å². The summed E-state index contributed by atoms with van der Waals surface area (Å²) in [4.78, 5) is 36.9. The van der Waals surface area contributed by atoms with Gasteiger partial charge < -0.3 is 10.0 Å². The Bertz CT molecular complexity index is 795. The number of nitrogens with zero attached hydrogens (tertiary/aromatic N) is 3. The Hall–Kier alpha value is -2.70. The number of carbonyl (C=O) groups is 2. The monoisotopic (exact) mass is 303 g/mol. The average molecular weight is 303 g/mol. The van der Waals surface area contributed by atoms with Crippen LogP contribution in [0.4, 0.5) is 0 Å². The molecule has 1 amide bonds. The van der Waals surface area contributed by atoms with E-state index in [2.05, 4.69) is 5.10 Å². The summed E-state index contributed by atoms with van der Waals surface area (Å²) >= 11 is 0. The van der Waals surface area contributed by atoms with Gasteiger partial charge in [0.1, 0.15) is 6.54 Å². The summed E-state index contributed by atoms with van der Waals surface area (Å²) in [6.45, 7) is 1.27. The summed E-state index contributed by atoms with van der Waals surface area (Å²) in [6, 6.07) is 6.68. The predicted octanol–water partition coefficient (Wildman–Crippen LogP) is 0.673. The van der Waals surface area contributed by atoms with Crippen LogP contribution in [0.5, 0.6) is 0 Å². The molecular weight excluding hydrogens is 286 g/mol. The Kier molecular flexibility index (Phi) is 4.25. The Labute approximate surface area is 126 Å². The van der Waals surface area contributed by atoms with E-state index in [0.717, 1.165) is 4.68 Å². The van der Waals surface area contributed by atoms with Crippen LogP contribution in [0.2, 0.25) is 0 Å². The number of rotatable bonds is 4. The Morgan fingerprint density at radius 1 is 1.27 bits per heavy atom. The normalized spacial score (nSPS) is 12.1. The van der Waals surface area contributed by atoms with E-state index < -0.39 is 17.4 Å². The Morgan fingerprint density at radius 3 is 2.41 bits per heavy atom. The molecule has 0 saturated carbocycles. The summed E-state index contributed by atoms with van der Waals surface area (Å²) in [5.74, 6) is -2.22. The van der Waals surface area contributed by atoms with E-state index in [0.29, 0.717) is 10.8 Å². The lowest BCUT2D eigenvalue weighted by atomic mass is 10.0. The number of carboxylic acids is 1. The van der Waals surface area contributed by atoms with Gasteiger partial charge in [-0.3, -0.25) is 14.4 Å². The van der Waals surface area contributed by atoms with Crippen LogP contribution in [-0.2, 0) is 16.1 Å². The fourth-order valence-electron chi connectivity index (χ4n) is 2.07. The second-order valence-electron chi connectivity index (χ2n) is 5.24. The topological polar surface area (TPSA) is 92.5 Å². The Balaban J connectivity index is 2.68. The van der Waals surface area contributed by atoms with Gasteiger partial charge in [0.2, 0.25) is 5.91 Å². The minimum Gasteiger partial charge on any atom is -0.481 e. The van der Waals surface area contributed by atoms with Crippen molar-refractivity contribution in [3.05, 3.63) is 40.3 Å². The zero-order valence-electron chi connectivity index (χ0n) is 12.6. The lowest BCUT2D eigenvalue weighted by Crippen LogP contribution is -2.34. The van der Waals surface area contributed by atoms with Crippen molar-refractivity contribution < 1.29 is 14.7 Å². The maximum Gasteiger partial charge on any atom is 0.312 e. The predicted molar refractivity (Wildman–Crippen MR) is 80.7 cm³/mol. The van der Waals surface area contributed by atoms with E-state index in [-0.39, 0.29) is 18.1 Å². The van der Waals surface area contributed by atoms with E-state index in [4.69, 9.17) is 0 Å². The highest BCUT2D eigenvalue weighted by Crippen LogP contribution is 2.21. The van der Waals surface area contributed by atoms with E-state index in [9.17, 15) is 19.5 Å². The SMILES string of the molecule is CC(C(=O)O)c1nn(CC(=O)N(C)C)c(=O)c2ccccc12. The fraction of sp³-hybridized carbons (Fsp3) is 0.333. The number of aromatic nitrogens is 2. The third kappa shape index (κ3) is 2.83. The minimum atomic E-state index is -1.04. The number of likely N-dealkylation sites (N-methyl/N-ethyl adjacent to an activating group) is 1. The van der Waals surface area contributed by atoms with Gasteiger partial charge in [0, 0.05) is 19.5 Å². The van der Waals surface area contributed by atoms with Gasteiger partial charge in [-0.05, 0) is 13.0 Å². The first-order chi connectivity index (χ1) is 10.3. The van der Waals surface area contributed by atoms with Crippen molar-refractivity contribution >= 4 is 22.6 Å². The number of carboxylic acid groups (broad SMARTS) is 1. The van der Waals surface area contributed by atoms with Crippen molar-refractivity contribution in [3.8, 4) is 0 Å². The van der Waals surface area contributed by atoms with Crippen molar-refractivity contribution in [2.45, 2.75) is 19.4 Å². The lowest BCUT2D eigenvalue weighted by molar-refractivity contribution is -0.138. The molecule has 0 saturated heterocycles. The molecule has 0 aliphatic carbocycles. The molecule has 2 rings (SSSR count). The summed E-state index contributed by atoms with van der Waals surface area (Å²) in [5.41, 5.74) is -0.138. The molecule has 1 aromatic heterocycles. The van der Waals surface area contributed by atoms with Gasteiger partial charge in [0.25, 0.3) is 5.56 Å². The molecular formula is C15H17N3O4. The van der Waals surface area contributed by atoms with Gasteiger partial charge in [0.15, 0.2) is 0 Å². The van der Waals surface area contributed by atoms with E-state index >= 15 is 0 Å². The van der Waals surface area contributed by atoms with Gasteiger partial charge in [0.05, 0.1) is 17.0 Å². The smallest absolute Gasteiger partial charge is 0.312 e. The van der Waals surface area contributed by atoms with Crippen molar-refractivity contribution in [3.63, 3.8) is 0 Å². The number of hydrogen-bond acceptors (Lipinski definition) is 4. The molecule has 1 N–H and O–H groups in total. The molecule has 2 aromatic rings. The summed E-state index contributed by atoms with van der Waals surface area (Å²) in [5, 5.41) is 14.2. The molecule has 22 heavy (non-hydrogen) atoms. The zero-order chi connectivity index (χ0) is 16.4. The van der Waals surface area contributed by atoms with E-state index in [1.807, 2.05) is 0 Å². The molecule has 116 valence electrons. The Morgan fingerprint density at radius 2 is 1.86 bits per heavy atom. The lowest BCUT2D eigenvalue weighted by Gasteiger charge is -2.15. The van der Waals surface area contributed by atoms with E-state index in [1.54, 1.807) is 38.4 Å². The molecule has 1 heterocycles. The number of hydrogen-bond donors (Lipinski definition) is 1. The molecule has 0 spiro atoms. The van der Waals surface area contributed by atoms with Crippen LogP contribution in [0.3, 0.4) is 0 Å². The quantitative estimate of drug-likeness (QED) is 0.896. The molecule has 0 bridgehead atoms. The number of fused-ring (bicyclic) bond motifs is 1. The van der Waals surface area contributed by atoms with Gasteiger partial charge in [-0.1, -0.05) is 18.2 Å². The molecule has 0 aliphatic rings. The van der Waals surface area contributed by atoms with Crippen molar-refractivity contribution in [2.75, 3.05) is 14.1 Å². The first-order valence-corrected chi connectivity index (χ1v) is 6.75. The molecule has 0 aliphatic heterocycles. The van der Waals surface area contributed by atoms with Crippen LogP contribution in [0.15, 0.2) is 29.1 Å². The summed E-state index contributed by atoms with van der Waals surface area (Å²) < 4.78 is 1.03. The number of benzene rings is 1. The van der Waals surface area contributed by atoms with Crippen molar-refractivity contribution in [1.82, 2.24) is 14.7 Å². The third-order valence-electron chi connectivity index (χ3n) is 3.46. The fourth-order valence-corrected chi connectivity index (χ4v) is 2.07. The van der Waals surface area contributed by atoms with Crippen LogP contribution in [-0.4, -0.2) is 45.8 Å². The molecule has 1 unspecified atom stereocenters. The maximum atomic E-state index is 12.4. The first-order valence-electron chi connectivity index (χ1n) is 6.75. The van der Waals surface area contributed by atoms with Crippen LogP contribution < -0.4 is 5.56 Å². The highest BCUT2D eigenvalue weighted by molar-refractivity contribution is 5.88. The largest absolute Gasteiger partial charge is 0.481 e. The first kappa shape index (κ1) is 15.7. The second kappa shape index (κ2) is 5.97. The van der Waals surface area contributed by atoms with Gasteiger partial charge in [-0.15, -0.1) is 0 Å². The molecule has 0 fully saturated rings. The van der Waals surface area contributed by atoms with Gasteiger partial charge >= 0.3 is 5.97 Å². The van der Waals surface area contributed by atoms with Gasteiger partial charge in [-0.25, -0.2) is 4.68 Å². The highest BCUT2D eigenvalue weighted by Gasteiger charge is 2.21. The summed E-state index contributed by atoms with van der Waals surface area (Å²) in [6.07, 6.45) is 0. The molecule has 7 heteroatoms. The van der Waals surface area contributed by atoms with Crippen LogP contribution in [0.1, 0.15) is 18.5 Å². The summed E-state index contributed by atoms with van der Waals surface area (Å²) in [7, 11) is 3.16. The second-order valence-corrected chi connectivity index (χ2v) is 5.24. The number of aliphatic carboxylic acids is 1. The molecule has 7 nitrogen and oxygen atoms in total. The number of amides is 1. The van der Waals surface area contributed by atoms with E-state index in [1.165, 1.54) is 11.8 Å². The van der Waals surface area contributed by atoms with Crippen molar-refractivity contribution in [2.24, 2.45) is 0 Å². The standard InChI is InChI=1S/C15H17N3O4/c1-9(15(21)22)13-10-6-4-5-7-11(10)14(20)18(16-13)8-12(19)17(2)3/h4-7,9H,8H2,1-3H3,(H,21,22).